The van der Waals surface area contributed by atoms with Gasteiger partial charge in [-0.05, 0) is 24.3 Å². The van der Waals surface area contributed by atoms with E-state index in [0.717, 1.165) is 5.01 Å². The van der Waals surface area contributed by atoms with E-state index in [2.05, 4.69) is 10.3 Å². The number of hydrogen-bond acceptors (Lipinski definition) is 6. The van der Waals surface area contributed by atoms with Crippen LogP contribution in [-0.2, 0) is 27.4 Å². The van der Waals surface area contributed by atoms with Gasteiger partial charge in [0, 0.05) is 23.4 Å². The molecule has 1 saturated heterocycles. The van der Waals surface area contributed by atoms with Crippen LogP contribution in [0.15, 0.2) is 29.6 Å². The molecule has 1 fully saturated rings. The summed E-state index contributed by atoms with van der Waals surface area (Å²) in [6, 6.07) is 7.00. The second kappa shape index (κ2) is 8.03. The molecule has 2 N–H and O–H groups in total. The number of ether oxygens (including phenoxy) is 2. The number of nitrogens with zero attached hydrogens (tertiary/aromatic N) is 1. The van der Waals surface area contributed by atoms with Gasteiger partial charge in [-0.25, -0.2) is 9.78 Å². The van der Waals surface area contributed by atoms with Crippen LogP contribution in [0.3, 0.4) is 0 Å². The van der Waals surface area contributed by atoms with Crippen molar-refractivity contribution in [1.82, 2.24) is 10.3 Å². The molecular weight excluding hydrogens is 380 g/mol. The Labute approximate surface area is 158 Å². The van der Waals surface area contributed by atoms with Crippen molar-refractivity contribution in [3.05, 3.63) is 45.4 Å². The van der Waals surface area contributed by atoms with Crippen LogP contribution in [0, 0.1) is 0 Å². The van der Waals surface area contributed by atoms with Crippen molar-refractivity contribution < 1.29 is 24.2 Å². The van der Waals surface area contributed by atoms with Gasteiger partial charge in [0.15, 0.2) is 5.54 Å². The van der Waals surface area contributed by atoms with Gasteiger partial charge in [0.1, 0.15) is 17.4 Å². The normalized spacial score (nSPS) is 19.3. The third-order valence-electron chi connectivity index (χ3n) is 3.93. The Morgan fingerprint density at radius 2 is 2.15 bits per heavy atom. The highest BCUT2D eigenvalue weighted by Gasteiger charge is 2.43. The zero-order chi connectivity index (χ0) is 18.6. The molecule has 0 bridgehead atoms. The van der Waals surface area contributed by atoms with E-state index in [9.17, 15) is 14.7 Å². The number of thiazole rings is 1. The van der Waals surface area contributed by atoms with E-state index < -0.39 is 17.4 Å². The summed E-state index contributed by atoms with van der Waals surface area (Å²) in [5.41, 5.74) is -0.769. The lowest BCUT2D eigenvalue weighted by atomic mass is 9.99. The minimum atomic E-state index is -1.34. The molecule has 1 aliphatic heterocycles. The topological polar surface area (TPSA) is 97.8 Å². The molecule has 7 nitrogen and oxygen atoms in total. The van der Waals surface area contributed by atoms with E-state index in [4.69, 9.17) is 21.1 Å². The second-order valence-electron chi connectivity index (χ2n) is 5.89. The van der Waals surface area contributed by atoms with Crippen molar-refractivity contribution in [2.75, 3.05) is 13.2 Å². The quantitative estimate of drug-likeness (QED) is 0.745. The molecule has 2 aromatic rings. The first-order valence-electron chi connectivity index (χ1n) is 7.91. The summed E-state index contributed by atoms with van der Waals surface area (Å²) >= 11 is 7.20. The summed E-state index contributed by atoms with van der Waals surface area (Å²) in [5, 5.41) is 15.0. The number of carboxylic acid groups (broad SMARTS) is 1. The first-order chi connectivity index (χ1) is 12.5. The fraction of sp³-hybridized carbons (Fsp3) is 0.353. The van der Waals surface area contributed by atoms with Crippen LogP contribution in [0.2, 0.25) is 5.02 Å². The van der Waals surface area contributed by atoms with Gasteiger partial charge < -0.3 is 19.9 Å². The number of halogens is 1. The van der Waals surface area contributed by atoms with Crippen molar-refractivity contribution in [1.29, 1.82) is 0 Å². The summed E-state index contributed by atoms with van der Waals surface area (Å²) in [7, 11) is 0. The van der Waals surface area contributed by atoms with E-state index in [1.54, 1.807) is 29.6 Å². The van der Waals surface area contributed by atoms with Crippen LogP contribution in [0.25, 0.3) is 0 Å². The van der Waals surface area contributed by atoms with Gasteiger partial charge in [-0.3, -0.25) is 4.79 Å². The number of carbonyl (C=O) groups is 2. The Balaban J connectivity index is 1.53. The molecule has 9 heteroatoms. The van der Waals surface area contributed by atoms with Gasteiger partial charge >= 0.3 is 5.97 Å². The van der Waals surface area contributed by atoms with Crippen LogP contribution in [0.4, 0.5) is 0 Å². The van der Waals surface area contributed by atoms with Crippen molar-refractivity contribution >= 4 is 34.8 Å². The number of nitrogens with one attached hydrogen (secondary N) is 1. The molecule has 0 spiro atoms. The minimum absolute atomic E-state index is 0.00642. The molecule has 0 aliphatic carbocycles. The van der Waals surface area contributed by atoms with E-state index in [1.165, 1.54) is 11.3 Å². The summed E-state index contributed by atoms with van der Waals surface area (Å²) in [6.07, 6.45) is 0.262. The highest BCUT2D eigenvalue weighted by atomic mass is 35.5. The van der Waals surface area contributed by atoms with E-state index in [-0.39, 0.29) is 26.1 Å². The number of aromatic nitrogens is 1. The zero-order valence-electron chi connectivity index (χ0n) is 13.7. The molecule has 3 rings (SSSR count). The van der Waals surface area contributed by atoms with Crippen LogP contribution in [-0.4, -0.2) is 40.7 Å². The Morgan fingerprint density at radius 3 is 2.81 bits per heavy atom. The molecule has 1 aromatic carbocycles. The van der Waals surface area contributed by atoms with Gasteiger partial charge in [-0.1, -0.05) is 11.6 Å². The van der Waals surface area contributed by atoms with Gasteiger partial charge in [0.05, 0.1) is 18.7 Å². The molecule has 1 unspecified atom stereocenters. The predicted octanol–water partition coefficient (Wildman–Crippen LogP) is 2.28. The first-order valence-corrected chi connectivity index (χ1v) is 9.16. The molecule has 138 valence electrons. The molecule has 1 aromatic heterocycles. The number of carbonyl (C=O) groups excluding carboxylic acids is 1. The highest BCUT2D eigenvalue weighted by Crippen LogP contribution is 2.20. The Hall–Kier alpha value is -2.16. The van der Waals surface area contributed by atoms with E-state index in [1.807, 2.05) is 0 Å². The molecule has 1 atom stereocenters. The van der Waals surface area contributed by atoms with Crippen LogP contribution in [0.5, 0.6) is 5.75 Å². The third-order valence-corrected chi connectivity index (χ3v) is 5.05. The first kappa shape index (κ1) is 18.6. The SMILES string of the molecule is O=C(Cc1csc(COc2ccc(Cl)cc2)n1)NC1(C(=O)O)CCOC1. The molecule has 0 saturated carbocycles. The van der Waals surface area contributed by atoms with E-state index >= 15 is 0 Å². The van der Waals surface area contributed by atoms with Crippen LogP contribution < -0.4 is 10.1 Å². The number of benzene rings is 1. The lowest BCUT2D eigenvalue weighted by molar-refractivity contribution is -0.147. The number of carboxylic acids is 1. The maximum Gasteiger partial charge on any atom is 0.331 e. The zero-order valence-corrected chi connectivity index (χ0v) is 15.3. The summed E-state index contributed by atoms with van der Waals surface area (Å²) in [5.74, 6) is -0.805. The van der Waals surface area contributed by atoms with Crippen molar-refractivity contribution in [2.45, 2.75) is 25.0 Å². The standard InChI is InChI=1S/C17H17ClN2O5S/c18-11-1-3-13(4-2-11)25-8-15-19-12(9-26-15)7-14(21)20-17(16(22)23)5-6-24-10-17/h1-4,9H,5-8,10H2,(H,20,21)(H,22,23). The monoisotopic (exact) mass is 396 g/mol. The van der Waals surface area contributed by atoms with Crippen molar-refractivity contribution in [3.63, 3.8) is 0 Å². The van der Waals surface area contributed by atoms with Gasteiger partial charge in [-0.2, -0.15) is 0 Å². The lowest BCUT2D eigenvalue weighted by Crippen LogP contribution is -2.55. The fourth-order valence-corrected chi connectivity index (χ4v) is 3.36. The summed E-state index contributed by atoms with van der Waals surface area (Å²) < 4.78 is 10.7. The predicted molar refractivity (Wildman–Crippen MR) is 95.5 cm³/mol. The Kier molecular flexibility index (Phi) is 5.75. The molecule has 2 heterocycles. The maximum atomic E-state index is 12.2. The fourth-order valence-electron chi connectivity index (χ4n) is 2.53. The van der Waals surface area contributed by atoms with Gasteiger partial charge in [-0.15, -0.1) is 11.3 Å². The average molecular weight is 397 g/mol. The molecular formula is C17H17ClN2O5S. The number of aliphatic carboxylic acids is 1. The van der Waals surface area contributed by atoms with Crippen LogP contribution in [0.1, 0.15) is 17.1 Å². The minimum Gasteiger partial charge on any atom is -0.486 e. The van der Waals surface area contributed by atoms with Gasteiger partial charge in [0.25, 0.3) is 0 Å². The summed E-state index contributed by atoms with van der Waals surface area (Å²) in [4.78, 5) is 28.0. The molecule has 26 heavy (non-hydrogen) atoms. The molecule has 1 aliphatic rings. The third kappa shape index (κ3) is 4.51. The summed E-state index contributed by atoms with van der Waals surface area (Å²) in [6.45, 7) is 0.571. The Morgan fingerprint density at radius 1 is 1.38 bits per heavy atom. The molecule has 0 radical (unpaired) electrons. The second-order valence-corrected chi connectivity index (χ2v) is 7.27. The molecule has 1 amide bonds. The smallest absolute Gasteiger partial charge is 0.331 e. The number of rotatable bonds is 7. The highest BCUT2D eigenvalue weighted by molar-refractivity contribution is 7.09. The maximum absolute atomic E-state index is 12.2. The largest absolute Gasteiger partial charge is 0.486 e. The Bertz CT molecular complexity index is 787. The van der Waals surface area contributed by atoms with Crippen LogP contribution >= 0.6 is 22.9 Å². The number of amides is 1. The van der Waals surface area contributed by atoms with Gasteiger partial charge in [0.2, 0.25) is 5.91 Å². The average Bonchev–Trinajstić information content (AvgIpc) is 3.25. The van der Waals surface area contributed by atoms with Crippen molar-refractivity contribution in [3.8, 4) is 5.75 Å². The van der Waals surface area contributed by atoms with Crippen molar-refractivity contribution in [2.24, 2.45) is 0 Å². The van der Waals surface area contributed by atoms with E-state index in [0.29, 0.717) is 23.1 Å². The lowest BCUT2D eigenvalue weighted by Gasteiger charge is -2.23. The number of hydrogen-bond donors (Lipinski definition) is 2.